The molecule has 1 aliphatic heterocycles. The first-order valence-electron chi connectivity index (χ1n) is 7.32. The summed E-state index contributed by atoms with van der Waals surface area (Å²) in [5.74, 6) is 0.653. The standard InChI is InChI=1S/C16H24N4O.HI/c1-16(2,3)19-15(17)18-11-12-6-8-13(9-7-12)20-10-4-5-14(20)21;/h6-9H,4-5,10-11H2,1-3H3,(H3,17,18,19);1H. The van der Waals surface area contributed by atoms with Gasteiger partial charge in [0.15, 0.2) is 5.96 Å². The van der Waals surface area contributed by atoms with Gasteiger partial charge in [-0.25, -0.2) is 4.99 Å². The molecule has 1 aromatic rings. The molecule has 5 nitrogen and oxygen atoms in total. The fourth-order valence-corrected chi connectivity index (χ4v) is 2.30. The van der Waals surface area contributed by atoms with Crippen LogP contribution in [0.15, 0.2) is 29.3 Å². The second-order valence-electron chi connectivity index (χ2n) is 6.39. The number of aliphatic imine (C=N–C) groups is 1. The van der Waals surface area contributed by atoms with Crippen LogP contribution in [0.25, 0.3) is 0 Å². The molecule has 0 bridgehead atoms. The highest BCUT2D eigenvalue weighted by Gasteiger charge is 2.21. The molecule has 0 unspecified atom stereocenters. The monoisotopic (exact) mass is 416 g/mol. The van der Waals surface area contributed by atoms with Crippen LogP contribution in [0.1, 0.15) is 39.2 Å². The Hall–Kier alpha value is -1.31. The van der Waals surface area contributed by atoms with Crippen molar-refractivity contribution < 1.29 is 4.79 Å². The number of hydrogen-bond donors (Lipinski definition) is 2. The highest BCUT2D eigenvalue weighted by Crippen LogP contribution is 2.21. The van der Waals surface area contributed by atoms with Crippen molar-refractivity contribution in [2.75, 3.05) is 11.4 Å². The number of carbonyl (C=O) groups excluding carboxylic acids is 1. The van der Waals surface area contributed by atoms with Crippen molar-refractivity contribution in [1.82, 2.24) is 5.32 Å². The number of nitrogens with zero attached hydrogens (tertiary/aromatic N) is 2. The lowest BCUT2D eigenvalue weighted by Gasteiger charge is -2.21. The Balaban J connectivity index is 0.00000242. The van der Waals surface area contributed by atoms with E-state index >= 15 is 0 Å². The molecule has 1 fully saturated rings. The molecule has 1 heterocycles. The van der Waals surface area contributed by atoms with Gasteiger partial charge in [-0.05, 0) is 44.9 Å². The van der Waals surface area contributed by atoms with Gasteiger partial charge in [-0.2, -0.15) is 0 Å². The fourth-order valence-electron chi connectivity index (χ4n) is 2.30. The van der Waals surface area contributed by atoms with Gasteiger partial charge in [-0.1, -0.05) is 12.1 Å². The van der Waals surface area contributed by atoms with Crippen LogP contribution < -0.4 is 16.0 Å². The first-order chi connectivity index (χ1) is 9.85. The number of nitrogens with one attached hydrogen (secondary N) is 1. The maximum absolute atomic E-state index is 11.7. The summed E-state index contributed by atoms with van der Waals surface area (Å²) < 4.78 is 0. The summed E-state index contributed by atoms with van der Waals surface area (Å²) in [7, 11) is 0. The van der Waals surface area contributed by atoms with E-state index < -0.39 is 0 Å². The Morgan fingerprint density at radius 2 is 1.95 bits per heavy atom. The van der Waals surface area contributed by atoms with E-state index in [-0.39, 0.29) is 35.4 Å². The number of carbonyl (C=O) groups is 1. The largest absolute Gasteiger partial charge is 0.370 e. The van der Waals surface area contributed by atoms with Gasteiger partial charge < -0.3 is 16.0 Å². The predicted molar refractivity (Wildman–Crippen MR) is 102 cm³/mol. The smallest absolute Gasteiger partial charge is 0.227 e. The summed E-state index contributed by atoms with van der Waals surface area (Å²) in [5, 5.41) is 3.13. The lowest BCUT2D eigenvalue weighted by molar-refractivity contribution is -0.117. The number of halogens is 1. The van der Waals surface area contributed by atoms with Crippen LogP contribution in [0.3, 0.4) is 0 Å². The minimum absolute atomic E-state index is 0. The van der Waals surface area contributed by atoms with E-state index in [2.05, 4.69) is 10.3 Å². The van der Waals surface area contributed by atoms with Crippen LogP contribution in [0.4, 0.5) is 5.69 Å². The second kappa shape index (κ2) is 7.80. The molecule has 0 aromatic heterocycles. The lowest BCUT2D eigenvalue weighted by atomic mass is 10.1. The Morgan fingerprint density at radius 3 is 2.45 bits per heavy atom. The number of rotatable bonds is 3. The Bertz CT molecular complexity index is 534. The second-order valence-corrected chi connectivity index (χ2v) is 6.39. The minimum Gasteiger partial charge on any atom is -0.370 e. The normalized spacial score (nSPS) is 15.7. The van der Waals surface area contributed by atoms with E-state index in [1.54, 1.807) is 0 Å². The summed E-state index contributed by atoms with van der Waals surface area (Å²) >= 11 is 0. The zero-order valence-corrected chi connectivity index (χ0v) is 15.8. The van der Waals surface area contributed by atoms with Gasteiger partial charge in [0, 0.05) is 24.2 Å². The highest BCUT2D eigenvalue weighted by molar-refractivity contribution is 14.0. The van der Waals surface area contributed by atoms with Crippen molar-refractivity contribution in [1.29, 1.82) is 0 Å². The Morgan fingerprint density at radius 1 is 1.32 bits per heavy atom. The van der Waals surface area contributed by atoms with E-state index in [0.717, 1.165) is 24.2 Å². The molecule has 1 aromatic carbocycles. The number of hydrogen-bond acceptors (Lipinski definition) is 2. The summed E-state index contributed by atoms with van der Waals surface area (Å²) in [6.45, 7) is 7.47. The van der Waals surface area contributed by atoms with Crippen LogP contribution in [0, 0.1) is 0 Å². The molecule has 1 amide bonds. The summed E-state index contributed by atoms with van der Waals surface area (Å²) in [6.07, 6.45) is 1.60. The summed E-state index contributed by atoms with van der Waals surface area (Å²) in [5.41, 5.74) is 7.79. The molecule has 0 spiro atoms. The average molecular weight is 416 g/mol. The van der Waals surface area contributed by atoms with Crippen molar-refractivity contribution in [3.63, 3.8) is 0 Å². The van der Waals surface area contributed by atoms with E-state index in [9.17, 15) is 4.79 Å². The van der Waals surface area contributed by atoms with Crippen molar-refractivity contribution >= 4 is 41.5 Å². The number of benzene rings is 1. The van der Waals surface area contributed by atoms with Crippen molar-refractivity contribution in [2.24, 2.45) is 10.7 Å². The third-order valence-electron chi connectivity index (χ3n) is 3.26. The number of amides is 1. The molecule has 1 saturated heterocycles. The molecule has 0 saturated carbocycles. The van der Waals surface area contributed by atoms with Crippen LogP contribution in [0.2, 0.25) is 0 Å². The predicted octanol–water partition coefficient (Wildman–Crippen LogP) is 2.63. The van der Waals surface area contributed by atoms with Crippen LogP contribution in [-0.2, 0) is 11.3 Å². The lowest BCUT2D eigenvalue weighted by Crippen LogP contribution is -2.44. The first kappa shape index (κ1) is 18.7. The quantitative estimate of drug-likeness (QED) is 0.452. The van der Waals surface area contributed by atoms with Crippen molar-refractivity contribution in [3.05, 3.63) is 29.8 Å². The van der Waals surface area contributed by atoms with Gasteiger partial charge in [-0.3, -0.25) is 4.79 Å². The molecule has 0 radical (unpaired) electrons. The fraction of sp³-hybridized carbons (Fsp3) is 0.500. The van der Waals surface area contributed by atoms with E-state index in [1.165, 1.54) is 0 Å². The van der Waals surface area contributed by atoms with Crippen molar-refractivity contribution in [2.45, 2.75) is 45.7 Å². The van der Waals surface area contributed by atoms with E-state index in [4.69, 9.17) is 5.73 Å². The SMILES string of the molecule is CC(C)(C)NC(N)=NCc1ccc(N2CCCC2=O)cc1.I. The van der Waals surface area contributed by atoms with Gasteiger partial charge in [0.05, 0.1) is 6.54 Å². The number of nitrogens with two attached hydrogens (primary N) is 1. The van der Waals surface area contributed by atoms with E-state index in [1.807, 2.05) is 49.9 Å². The van der Waals surface area contributed by atoms with Gasteiger partial charge >= 0.3 is 0 Å². The van der Waals surface area contributed by atoms with Crippen LogP contribution >= 0.6 is 24.0 Å². The Kier molecular flexibility index (Phi) is 6.65. The molecule has 3 N–H and O–H groups in total. The molecular weight excluding hydrogens is 391 g/mol. The average Bonchev–Trinajstić information content (AvgIpc) is 2.81. The topological polar surface area (TPSA) is 70.7 Å². The third-order valence-corrected chi connectivity index (χ3v) is 3.26. The number of anilines is 1. The van der Waals surface area contributed by atoms with Gasteiger partial charge in [-0.15, -0.1) is 24.0 Å². The molecule has 2 rings (SSSR count). The molecule has 0 atom stereocenters. The maximum atomic E-state index is 11.7. The minimum atomic E-state index is -0.0897. The highest BCUT2D eigenvalue weighted by atomic mass is 127. The van der Waals surface area contributed by atoms with Crippen LogP contribution in [0.5, 0.6) is 0 Å². The summed E-state index contributed by atoms with van der Waals surface area (Å²) in [6, 6.07) is 7.94. The zero-order valence-electron chi connectivity index (χ0n) is 13.4. The van der Waals surface area contributed by atoms with Crippen molar-refractivity contribution in [3.8, 4) is 0 Å². The molecule has 22 heavy (non-hydrogen) atoms. The molecular formula is C16H25IN4O. The molecule has 0 aliphatic carbocycles. The third kappa shape index (κ3) is 5.47. The van der Waals surface area contributed by atoms with Gasteiger partial charge in [0.25, 0.3) is 0 Å². The van der Waals surface area contributed by atoms with Gasteiger partial charge in [0.2, 0.25) is 5.91 Å². The molecule has 1 aliphatic rings. The van der Waals surface area contributed by atoms with Crippen LogP contribution in [-0.4, -0.2) is 24.0 Å². The maximum Gasteiger partial charge on any atom is 0.227 e. The zero-order chi connectivity index (χ0) is 15.5. The van der Waals surface area contributed by atoms with E-state index in [0.29, 0.717) is 18.9 Å². The first-order valence-corrected chi connectivity index (χ1v) is 7.32. The molecule has 122 valence electrons. The molecule has 6 heteroatoms. The number of guanidine groups is 1. The Labute approximate surface area is 149 Å². The van der Waals surface area contributed by atoms with Gasteiger partial charge in [0.1, 0.15) is 0 Å². The summed E-state index contributed by atoms with van der Waals surface area (Å²) in [4.78, 5) is 17.8.